The Morgan fingerprint density at radius 2 is 1.88 bits per heavy atom. The third kappa shape index (κ3) is 9.10. The van der Waals surface area contributed by atoms with Gasteiger partial charge in [-0.05, 0) is 27.7 Å². The van der Waals surface area contributed by atoms with E-state index in [2.05, 4.69) is 19.6 Å². The second-order valence-electron chi connectivity index (χ2n) is 7.21. The fourth-order valence-corrected chi connectivity index (χ4v) is 3.38. The summed E-state index contributed by atoms with van der Waals surface area (Å²) in [7, 11) is 0. The molecule has 4 N–H and O–H groups in total. The fourth-order valence-electron chi connectivity index (χ4n) is 2.08. The van der Waals surface area contributed by atoms with Gasteiger partial charge in [-0.25, -0.2) is 9.59 Å². The van der Waals surface area contributed by atoms with Crippen molar-refractivity contribution >= 4 is 48.1 Å². The molecule has 178 valence electrons. The molecule has 0 saturated carbocycles. The summed E-state index contributed by atoms with van der Waals surface area (Å²) in [5.41, 5.74) is -0.185. The van der Waals surface area contributed by atoms with Gasteiger partial charge in [-0.2, -0.15) is 0 Å². The fraction of sp³-hybridized carbons (Fsp3) is 0.444. The van der Waals surface area contributed by atoms with Crippen LogP contribution in [0.2, 0.25) is 0 Å². The van der Waals surface area contributed by atoms with Gasteiger partial charge in [-0.15, -0.1) is 10.1 Å². The van der Waals surface area contributed by atoms with Crippen LogP contribution in [0.5, 0.6) is 0 Å². The van der Waals surface area contributed by atoms with E-state index in [0.717, 1.165) is 0 Å². The summed E-state index contributed by atoms with van der Waals surface area (Å²) in [6.07, 6.45) is -0.827. The molecule has 0 spiro atoms. The SMILES string of the molecule is CC(=O)Nc1ccc([As](=O)(O)OO)cc1.CCOC1=NN(C(=O)OC(C)(C)C)C(=O)NC1. The topological polar surface area (TPSA) is 176 Å². The molecule has 14 heteroatoms. The number of ether oxygens (including phenoxy) is 2. The van der Waals surface area contributed by atoms with Crippen LogP contribution in [0.3, 0.4) is 0 Å². The minimum atomic E-state index is -4.76. The van der Waals surface area contributed by atoms with Crippen molar-refractivity contribution in [2.75, 3.05) is 18.5 Å². The molecule has 0 fully saturated rings. The Morgan fingerprint density at radius 3 is 2.34 bits per heavy atom. The predicted octanol–water partition coefficient (Wildman–Crippen LogP) is 1.000. The maximum atomic E-state index is 11.7. The van der Waals surface area contributed by atoms with Crippen LogP contribution in [0.25, 0.3) is 0 Å². The minimum Gasteiger partial charge on any atom is -0.479 e. The molecule has 1 aliphatic rings. The van der Waals surface area contributed by atoms with Gasteiger partial charge in [-0.1, -0.05) is 0 Å². The number of hydrogen-bond acceptors (Lipinski definition) is 9. The summed E-state index contributed by atoms with van der Waals surface area (Å²) in [6, 6.07) is 4.88. The summed E-state index contributed by atoms with van der Waals surface area (Å²) < 4.78 is 34.0. The Labute approximate surface area is 187 Å². The molecule has 0 aliphatic carbocycles. The van der Waals surface area contributed by atoms with Crippen LogP contribution in [0.15, 0.2) is 29.4 Å². The number of hydrogen-bond donors (Lipinski definition) is 4. The summed E-state index contributed by atoms with van der Waals surface area (Å²) in [4.78, 5) is 33.8. The van der Waals surface area contributed by atoms with Crippen molar-refractivity contribution in [2.24, 2.45) is 5.10 Å². The van der Waals surface area contributed by atoms with Gasteiger partial charge in [-0.3, -0.25) is 0 Å². The van der Waals surface area contributed by atoms with E-state index < -0.39 is 31.9 Å². The first-order chi connectivity index (χ1) is 14.8. The van der Waals surface area contributed by atoms with Gasteiger partial charge in [0.05, 0.1) is 13.2 Å². The standard InChI is InChI=1S/C10H17N3O4.C8H10AsNO5/c1-5-16-7-6-11-8(14)13(12-7)9(15)17-10(2,3)4;1-6(11)10-8-4-2-7(3-5-8)9(12,13)15-14/h5-6H2,1-4H3,(H,11,14);2-5,14H,1H3,(H,10,11)(H,12,13). The van der Waals surface area contributed by atoms with Crippen molar-refractivity contribution in [1.82, 2.24) is 10.3 Å². The molecule has 32 heavy (non-hydrogen) atoms. The molecular weight excluding hydrogens is 491 g/mol. The van der Waals surface area contributed by atoms with Crippen molar-refractivity contribution in [3.05, 3.63) is 24.3 Å². The molecule has 1 unspecified atom stereocenters. The number of urea groups is 1. The van der Waals surface area contributed by atoms with Crippen LogP contribution < -0.4 is 15.0 Å². The number of nitrogens with zero attached hydrogens (tertiary/aromatic N) is 2. The van der Waals surface area contributed by atoms with Crippen LogP contribution in [-0.4, -0.2) is 71.2 Å². The minimum absolute atomic E-state index is 0.00438. The van der Waals surface area contributed by atoms with Crippen molar-refractivity contribution < 1.29 is 40.8 Å². The number of imide groups is 1. The molecule has 2 rings (SSSR count). The smallest absolute Gasteiger partial charge is 0.439 e. The van der Waals surface area contributed by atoms with Crippen molar-refractivity contribution in [3.8, 4) is 0 Å². The normalized spacial score (nSPS) is 15.3. The van der Waals surface area contributed by atoms with E-state index in [9.17, 15) is 18.1 Å². The van der Waals surface area contributed by atoms with Gasteiger partial charge in [0.2, 0.25) is 5.90 Å². The Bertz CT molecular complexity index is 897. The third-order valence-electron chi connectivity index (χ3n) is 3.30. The Kier molecular flexibility index (Phi) is 9.91. The average Bonchev–Trinajstić information content (AvgIpc) is 2.69. The Hall–Kier alpha value is -2.86. The quantitative estimate of drug-likeness (QED) is 0.257. The summed E-state index contributed by atoms with van der Waals surface area (Å²) in [5, 5.41) is 17.6. The van der Waals surface area contributed by atoms with Gasteiger partial charge in [0.1, 0.15) is 5.60 Å². The van der Waals surface area contributed by atoms with Crippen LogP contribution >= 0.6 is 0 Å². The largest absolute Gasteiger partial charge is 0.479 e. The van der Waals surface area contributed by atoms with Crippen LogP contribution in [0, 0.1) is 0 Å². The number of amides is 4. The molecule has 1 atom stereocenters. The van der Waals surface area contributed by atoms with Crippen LogP contribution in [0.1, 0.15) is 34.6 Å². The molecule has 0 bridgehead atoms. The third-order valence-corrected chi connectivity index (χ3v) is 5.76. The summed E-state index contributed by atoms with van der Waals surface area (Å²) in [5.74, 6) is 0.0386. The number of carbonyl (C=O) groups excluding carboxylic acids is 3. The number of nitrogens with one attached hydrogen (secondary N) is 2. The number of carbonyl (C=O) groups is 3. The second kappa shape index (κ2) is 11.7. The Balaban J connectivity index is 0.000000323. The summed E-state index contributed by atoms with van der Waals surface area (Å²) >= 11 is -4.76. The van der Waals surface area contributed by atoms with Crippen LogP contribution in [0.4, 0.5) is 15.3 Å². The molecule has 4 amide bonds. The van der Waals surface area contributed by atoms with E-state index in [1.165, 1.54) is 31.2 Å². The molecule has 1 heterocycles. The van der Waals surface area contributed by atoms with E-state index in [1.54, 1.807) is 27.7 Å². The monoisotopic (exact) mass is 518 g/mol. The van der Waals surface area contributed by atoms with Gasteiger partial charge in [0.25, 0.3) is 0 Å². The van der Waals surface area contributed by atoms with Gasteiger partial charge in [0.15, 0.2) is 0 Å². The zero-order chi connectivity index (χ0) is 24.5. The first-order valence-electron chi connectivity index (χ1n) is 9.34. The number of benzene rings is 1. The first kappa shape index (κ1) is 27.2. The molecule has 0 aromatic heterocycles. The zero-order valence-corrected chi connectivity index (χ0v) is 20.2. The van der Waals surface area contributed by atoms with E-state index in [1.807, 2.05) is 0 Å². The molecule has 0 radical (unpaired) electrons. The number of hydrazone groups is 1. The predicted molar refractivity (Wildman–Crippen MR) is 113 cm³/mol. The number of anilines is 1. The average molecular weight is 518 g/mol. The van der Waals surface area contributed by atoms with Crippen molar-refractivity contribution in [1.29, 1.82) is 0 Å². The van der Waals surface area contributed by atoms with Gasteiger partial charge >= 0.3 is 101 Å². The Morgan fingerprint density at radius 1 is 1.28 bits per heavy atom. The zero-order valence-electron chi connectivity index (χ0n) is 18.3. The van der Waals surface area contributed by atoms with E-state index in [-0.39, 0.29) is 22.7 Å². The molecule has 0 saturated heterocycles. The molecule has 1 aromatic carbocycles. The van der Waals surface area contributed by atoms with Crippen LogP contribution in [-0.2, 0) is 21.9 Å². The molecule has 1 aromatic rings. The van der Waals surface area contributed by atoms with Gasteiger partial charge in [0, 0.05) is 0 Å². The van der Waals surface area contributed by atoms with E-state index in [4.69, 9.17) is 18.8 Å². The number of rotatable bonds is 4. The maximum Gasteiger partial charge on any atom is 0.439 e. The molecular formula is C18H27AsN4O9. The molecule has 1 aliphatic heterocycles. The molecule has 13 nitrogen and oxygen atoms in total. The first-order valence-corrected chi connectivity index (χ1v) is 12.7. The van der Waals surface area contributed by atoms with E-state index in [0.29, 0.717) is 17.3 Å². The van der Waals surface area contributed by atoms with Crippen molar-refractivity contribution in [2.45, 2.75) is 40.2 Å². The maximum absolute atomic E-state index is 11.7. The summed E-state index contributed by atoms with van der Waals surface area (Å²) in [6.45, 7) is 8.85. The second-order valence-corrected chi connectivity index (χ2v) is 10.8. The van der Waals surface area contributed by atoms with E-state index >= 15 is 0 Å². The van der Waals surface area contributed by atoms with Crippen molar-refractivity contribution in [3.63, 3.8) is 0 Å². The van der Waals surface area contributed by atoms with Gasteiger partial charge < -0.3 is 14.8 Å².